The van der Waals surface area contributed by atoms with Gasteiger partial charge in [-0.2, -0.15) is 5.10 Å². The summed E-state index contributed by atoms with van der Waals surface area (Å²) in [7, 11) is 0. The monoisotopic (exact) mass is 220 g/mol. The van der Waals surface area contributed by atoms with Gasteiger partial charge in [-0.15, -0.1) is 0 Å². The lowest BCUT2D eigenvalue weighted by atomic mass is 10.2. The summed E-state index contributed by atoms with van der Waals surface area (Å²) in [5.41, 5.74) is 12.9. The molecule has 0 spiro atoms. The van der Waals surface area contributed by atoms with Gasteiger partial charge in [0.1, 0.15) is 11.6 Å². The zero-order chi connectivity index (χ0) is 11.5. The molecule has 1 aromatic carbocycles. The van der Waals surface area contributed by atoms with E-state index < -0.39 is 0 Å². The average Bonchev–Trinajstić information content (AvgIpc) is 2.60. The van der Waals surface area contributed by atoms with E-state index in [-0.39, 0.29) is 5.82 Å². The van der Waals surface area contributed by atoms with Crippen molar-refractivity contribution >= 4 is 5.82 Å². The van der Waals surface area contributed by atoms with E-state index in [0.29, 0.717) is 18.9 Å². The van der Waals surface area contributed by atoms with E-state index in [2.05, 4.69) is 5.10 Å². The molecule has 0 saturated carbocycles. The summed E-state index contributed by atoms with van der Waals surface area (Å²) in [5.74, 6) is 0.272. The Labute approximate surface area is 92.7 Å². The third-order valence-corrected chi connectivity index (χ3v) is 2.40. The molecular weight excluding hydrogens is 207 g/mol. The molecule has 2 rings (SSSR count). The number of nitrogens with two attached hydrogens (primary N) is 2. The molecule has 16 heavy (non-hydrogen) atoms. The summed E-state index contributed by atoms with van der Waals surface area (Å²) in [5, 5.41) is 4.10. The topological polar surface area (TPSA) is 69.9 Å². The summed E-state index contributed by atoms with van der Waals surface area (Å²) in [4.78, 5) is 0. The van der Waals surface area contributed by atoms with Crippen molar-refractivity contribution in [3.8, 4) is 0 Å². The van der Waals surface area contributed by atoms with Crippen molar-refractivity contribution in [2.75, 3.05) is 5.73 Å². The number of nitrogen functional groups attached to an aromatic ring is 1. The van der Waals surface area contributed by atoms with Gasteiger partial charge in [0.25, 0.3) is 0 Å². The van der Waals surface area contributed by atoms with Crippen molar-refractivity contribution in [3.63, 3.8) is 0 Å². The van der Waals surface area contributed by atoms with Crippen molar-refractivity contribution in [2.24, 2.45) is 5.73 Å². The highest BCUT2D eigenvalue weighted by Crippen LogP contribution is 2.13. The normalized spacial score (nSPS) is 10.6. The highest BCUT2D eigenvalue weighted by Gasteiger charge is 2.06. The number of hydrogen-bond acceptors (Lipinski definition) is 3. The van der Waals surface area contributed by atoms with E-state index in [1.807, 2.05) is 6.07 Å². The van der Waals surface area contributed by atoms with Gasteiger partial charge < -0.3 is 11.5 Å². The van der Waals surface area contributed by atoms with Crippen molar-refractivity contribution < 1.29 is 4.39 Å². The first-order chi connectivity index (χ1) is 7.70. The Hall–Kier alpha value is -1.88. The third kappa shape index (κ3) is 2.04. The van der Waals surface area contributed by atoms with Crippen molar-refractivity contribution in [1.82, 2.24) is 9.78 Å². The lowest BCUT2D eigenvalue weighted by Crippen LogP contribution is -2.08. The van der Waals surface area contributed by atoms with Crippen molar-refractivity contribution in [2.45, 2.75) is 13.1 Å². The van der Waals surface area contributed by atoms with Crippen molar-refractivity contribution in [3.05, 3.63) is 47.4 Å². The first-order valence-corrected chi connectivity index (χ1v) is 4.95. The van der Waals surface area contributed by atoms with Crippen LogP contribution >= 0.6 is 0 Å². The minimum atomic E-state index is -0.262. The predicted molar refractivity (Wildman–Crippen MR) is 60.0 cm³/mol. The van der Waals surface area contributed by atoms with Crippen LogP contribution in [-0.4, -0.2) is 9.78 Å². The van der Waals surface area contributed by atoms with Crippen LogP contribution in [-0.2, 0) is 13.1 Å². The van der Waals surface area contributed by atoms with Gasteiger partial charge in [-0.3, -0.25) is 0 Å². The summed E-state index contributed by atoms with van der Waals surface area (Å²) in [6.45, 7) is 0.804. The molecule has 0 aliphatic rings. The number of aromatic nitrogens is 2. The quantitative estimate of drug-likeness (QED) is 0.814. The zero-order valence-corrected chi connectivity index (χ0v) is 8.73. The molecule has 1 heterocycles. The minimum absolute atomic E-state index is 0.262. The van der Waals surface area contributed by atoms with Crippen LogP contribution in [0.5, 0.6) is 0 Å². The summed E-state index contributed by atoms with van der Waals surface area (Å²) < 4.78 is 14.6. The van der Waals surface area contributed by atoms with E-state index in [0.717, 1.165) is 11.1 Å². The van der Waals surface area contributed by atoms with Gasteiger partial charge in [-0.1, -0.05) is 12.1 Å². The zero-order valence-electron chi connectivity index (χ0n) is 8.73. The molecule has 5 heteroatoms. The second kappa shape index (κ2) is 4.32. The molecule has 0 bridgehead atoms. The molecule has 2 aromatic rings. The van der Waals surface area contributed by atoms with Crippen molar-refractivity contribution in [1.29, 1.82) is 0 Å². The second-order valence-electron chi connectivity index (χ2n) is 3.55. The van der Waals surface area contributed by atoms with Crippen LogP contribution in [0.15, 0.2) is 30.5 Å². The standard InChI is InChI=1S/C11H13FN4/c12-10-3-1-2-8(4-10)7-16-11(14)9(5-13)6-15-16/h1-4,6H,5,7,13-14H2. The SMILES string of the molecule is NCc1cnn(Cc2cccc(F)c2)c1N. The van der Waals surface area contributed by atoms with Crippen LogP contribution in [0.3, 0.4) is 0 Å². The van der Waals surface area contributed by atoms with E-state index in [9.17, 15) is 4.39 Å². The molecule has 0 aliphatic heterocycles. The molecule has 1 aromatic heterocycles. The molecule has 0 aliphatic carbocycles. The highest BCUT2D eigenvalue weighted by atomic mass is 19.1. The third-order valence-electron chi connectivity index (χ3n) is 2.40. The molecular formula is C11H13FN4. The smallest absolute Gasteiger partial charge is 0.126 e. The molecule has 0 radical (unpaired) electrons. The lowest BCUT2D eigenvalue weighted by Gasteiger charge is -2.05. The van der Waals surface area contributed by atoms with Crippen LogP contribution in [0.4, 0.5) is 10.2 Å². The Balaban J connectivity index is 2.24. The maximum Gasteiger partial charge on any atom is 0.126 e. The van der Waals surface area contributed by atoms with E-state index >= 15 is 0 Å². The molecule has 0 atom stereocenters. The summed E-state index contributed by atoms with van der Waals surface area (Å²) in [6, 6.07) is 6.35. The van der Waals surface area contributed by atoms with E-state index in [4.69, 9.17) is 11.5 Å². The fraction of sp³-hybridized carbons (Fsp3) is 0.182. The van der Waals surface area contributed by atoms with Gasteiger partial charge in [0.05, 0.1) is 12.7 Å². The lowest BCUT2D eigenvalue weighted by molar-refractivity contribution is 0.620. The number of rotatable bonds is 3. The molecule has 84 valence electrons. The fourth-order valence-electron chi connectivity index (χ4n) is 1.53. The van der Waals surface area contributed by atoms with E-state index in [1.165, 1.54) is 12.1 Å². The van der Waals surface area contributed by atoms with Gasteiger partial charge in [0.15, 0.2) is 0 Å². The number of nitrogens with zero attached hydrogens (tertiary/aromatic N) is 2. The molecule has 4 nitrogen and oxygen atoms in total. The molecule has 4 N–H and O–H groups in total. The van der Waals surface area contributed by atoms with Gasteiger partial charge >= 0.3 is 0 Å². The number of benzene rings is 1. The Kier molecular flexibility index (Phi) is 2.87. The first-order valence-electron chi connectivity index (χ1n) is 4.95. The van der Waals surface area contributed by atoms with E-state index in [1.54, 1.807) is 16.9 Å². The molecule has 0 amide bonds. The molecule has 0 fully saturated rings. The number of anilines is 1. The first kappa shape index (κ1) is 10.6. The number of hydrogen-bond donors (Lipinski definition) is 2. The van der Waals surface area contributed by atoms with Crippen LogP contribution in [0.1, 0.15) is 11.1 Å². The van der Waals surface area contributed by atoms with Crippen LogP contribution < -0.4 is 11.5 Å². The van der Waals surface area contributed by atoms with Gasteiger partial charge in [-0.25, -0.2) is 9.07 Å². The average molecular weight is 220 g/mol. The van der Waals surface area contributed by atoms with Gasteiger partial charge in [0, 0.05) is 12.1 Å². The minimum Gasteiger partial charge on any atom is -0.384 e. The van der Waals surface area contributed by atoms with Gasteiger partial charge in [0.2, 0.25) is 0 Å². The Bertz CT molecular complexity index is 492. The summed E-state index contributed by atoms with van der Waals surface area (Å²) in [6.07, 6.45) is 1.63. The number of halogens is 1. The summed E-state index contributed by atoms with van der Waals surface area (Å²) >= 11 is 0. The Morgan fingerprint density at radius 3 is 2.81 bits per heavy atom. The Morgan fingerprint density at radius 2 is 2.19 bits per heavy atom. The fourth-order valence-corrected chi connectivity index (χ4v) is 1.53. The molecule has 0 unspecified atom stereocenters. The van der Waals surface area contributed by atoms with Crippen LogP contribution in [0.2, 0.25) is 0 Å². The maximum absolute atomic E-state index is 13.0. The maximum atomic E-state index is 13.0. The van der Waals surface area contributed by atoms with Crippen LogP contribution in [0.25, 0.3) is 0 Å². The Morgan fingerprint density at radius 1 is 1.38 bits per heavy atom. The predicted octanol–water partition coefficient (Wildman–Crippen LogP) is 1.11. The highest BCUT2D eigenvalue weighted by molar-refractivity contribution is 5.39. The van der Waals surface area contributed by atoms with Crippen LogP contribution in [0, 0.1) is 5.82 Å². The second-order valence-corrected chi connectivity index (χ2v) is 3.55. The largest absolute Gasteiger partial charge is 0.384 e. The molecule has 0 saturated heterocycles. The van der Waals surface area contributed by atoms with Gasteiger partial charge in [-0.05, 0) is 17.7 Å².